The van der Waals surface area contributed by atoms with Gasteiger partial charge in [0.05, 0.1) is 5.03 Å². The Morgan fingerprint density at radius 2 is 2.00 bits per heavy atom. The van der Waals surface area contributed by atoms with E-state index in [-0.39, 0.29) is 10.8 Å². The molecule has 0 atom stereocenters. The molecule has 0 bridgehead atoms. The fraction of sp³-hybridized carbons (Fsp3) is 0.375. The molecule has 0 unspecified atom stereocenters. The van der Waals surface area contributed by atoms with Crippen molar-refractivity contribution in [2.24, 2.45) is 0 Å². The van der Waals surface area contributed by atoms with Crippen LogP contribution in [0.2, 0.25) is 0 Å². The maximum atomic E-state index is 10.8. The third kappa shape index (κ3) is 1.43. The Labute approximate surface area is 75.6 Å². The molecule has 0 aromatic carbocycles. The second kappa shape index (κ2) is 3.39. The summed E-state index contributed by atoms with van der Waals surface area (Å²) < 4.78 is 10.1. The number of ketones is 1. The van der Waals surface area contributed by atoms with Gasteiger partial charge in [0.1, 0.15) is 0 Å². The van der Waals surface area contributed by atoms with E-state index < -0.39 is 5.79 Å². The molecule has 1 rings (SSSR count). The van der Waals surface area contributed by atoms with E-state index in [2.05, 4.69) is 0 Å². The second-order valence-corrected chi connectivity index (χ2v) is 2.71. The molecule has 4 heteroatoms. The van der Waals surface area contributed by atoms with Gasteiger partial charge < -0.3 is 9.47 Å². The minimum atomic E-state index is -1.07. The van der Waals surface area contributed by atoms with E-state index in [1.807, 2.05) is 0 Å². The van der Waals surface area contributed by atoms with Crippen LogP contribution in [0.15, 0.2) is 23.3 Å². The number of carbonyl (C=O) groups excluding carboxylic acids is 1. The smallest absolute Gasteiger partial charge is 0.226 e. The molecule has 66 valence electrons. The molecule has 0 aliphatic heterocycles. The maximum absolute atomic E-state index is 10.8. The molecule has 0 spiro atoms. The molecule has 0 N–H and O–H groups in total. The topological polar surface area (TPSA) is 35.5 Å². The third-order valence-electron chi connectivity index (χ3n) is 1.68. The molecular formula is C8H9ClO3. The lowest BCUT2D eigenvalue weighted by Crippen LogP contribution is -2.34. The lowest BCUT2D eigenvalue weighted by atomic mass is 10.1. The van der Waals surface area contributed by atoms with Crippen LogP contribution in [0.4, 0.5) is 0 Å². The SMILES string of the molecule is COC1(OC)C=CC(=O)C=C1Cl. The van der Waals surface area contributed by atoms with E-state index in [0.29, 0.717) is 0 Å². The Morgan fingerprint density at radius 3 is 2.42 bits per heavy atom. The van der Waals surface area contributed by atoms with E-state index in [0.717, 1.165) is 0 Å². The van der Waals surface area contributed by atoms with Gasteiger partial charge in [-0.25, -0.2) is 0 Å². The minimum absolute atomic E-state index is 0.162. The summed E-state index contributed by atoms with van der Waals surface area (Å²) >= 11 is 5.77. The Bertz CT molecular complexity index is 251. The second-order valence-electron chi connectivity index (χ2n) is 2.30. The van der Waals surface area contributed by atoms with Gasteiger partial charge in [0, 0.05) is 20.3 Å². The number of carbonyl (C=O) groups is 1. The highest BCUT2D eigenvalue weighted by Crippen LogP contribution is 2.29. The molecule has 0 aromatic heterocycles. The minimum Gasteiger partial charge on any atom is -0.345 e. The summed E-state index contributed by atoms with van der Waals surface area (Å²) in [5, 5.41) is 0.236. The highest BCUT2D eigenvalue weighted by Gasteiger charge is 2.33. The molecule has 1 aliphatic rings. The fourth-order valence-electron chi connectivity index (χ4n) is 0.959. The molecule has 0 fully saturated rings. The van der Waals surface area contributed by atoms with E-state index in [1.54, 1.807) is 0 Å². The first-order valence-electron chi connectivity index (χ1n) is 3.36. The Morgan fingerprint density at radius 1 is 1.42 bits per heavy atom. The van der Waals surface area contributed by atoms with Crippen molar-refractivity contribution in [1.29, 1.82) is 0 Å². The summed E-state index contributed by atoms with van der Waals surface area (Å²) in [6.07, 6.45) is 4.12. The van der Waals surface area contributed by atoms with Crippen molar-refractivity contribution in [2.45, 2.75) is 5.79 Å². The van der Waals surface area contributed by atoms with Gasteiger partial charge in [0.2, 0.25) is 5.79 Å². The van der Waals surface area contributed by atoms with Crippen LogP contribution in [0, 0.1) is 0 Å². The van der Waals surface area contributed by atoms with Crippen LogP contribution >= 0.6 is 11.6 Å². The fourth-order valence-corrected chi connectivity index (χ4v) is 1.28. The zero-order valence-corrected chi connectivity index (χ0v) is 7.59. The summed E-state index contributed by atoms with van der Waals surface area (Å²) in [7, 11) is 2.92. The van der Waals surface area contributed by atoms with Crippen LogP contribution in [0.1, 0.15) is 0 Å². The Kier molecular flexibility index (Phi) is 2.67. The molecule has 0 heterocycles. The van der Waals surface area contributed by atoms with Crippen molar-refractivity contribution in [1.82, 2.24) is 0 Å². The first-order valence-corrected chi connectivity index (χ1v) is 3.73. The normalized spacial score (nSPS) is 20.9. The van der Waals surface area contributed by atoms with Crippen LogP contribution < -0.4 is 0 Å². The molecule has 0 aromatic rings. The average molecular weight is 189 g/mol. The summed E-state index contributed by atoms with van der Waals surface area (Å²) in [6.45, 7) is 0. The number of hydrogen-bond acceptors (Lipinski definition) is 3. The lowest BCUT2D eigenvalue weighted by molar-refractivity contribution is -0.139. The van der Waals surface area contributed by atoms with Gasteiger partial charge in [-0.2, -0.15) is 0 Å². The maximum Gasteiger partial charge on any atom is 0.226 e. The molecule has 0 amide bonds. The number of methoxy groups -OCH3 is 2. The number of hydrogen-bond donors (Lipinski definition) is 0. The van der Waals surface area contributed by atoms with Gasteiger partial charge in [0.15, 0.2) is 5.78 Å². The quantitative estimate of drug-likeness (QED) is 0.612. The summed E-state index contributed by atoms with van der Waals surface area (Å²) in [4.78, 5) is 10.8. The number of ether oxygens (including phenoxy) is 2. The average Bonchev–Trinajstić information content (AvgIpc) is 2.06. The molecule has 12 heavy (non-hydrogen) atoms. The first kappa shape index (κ1) is 9.45. The van der Waals surface area contributed by atoms with E-state index in [4.69, 9.17) is 21.1 Å². The van der Waals surface area contributed by atoms with Crippen molar-refractivity contribution in [3.8, 4) is 0 Å². The summed E-state index contributed by atoms with van der Waals surface area (Å²) in [5.74, 6) is -1.24. The van der Waals surface area contributed by atoms with Crippen molar-refractivity contribution >= 4 is 17.4 Å². The van der Waals surface area contributed by atoms with E-state index >= 15 is 0 Å². The molecule has 0 saturated heterocycles. The first-order chi connectivity index (χ1) is 5.64. The summed E-state index contributed by atoms with van der Waals surface area (Å²) in [5.41, 5.74) is 0. The van der Waals surface area contributed by atoms with E-state index in [9.17, 15) is 4.79 Å². The van der Waals surface area contributed by atoms with Crippen LogP contribution in [0.5, 0.6) is 0 Å². The van der Waals surface area contributed by atoms with Crippen molar-refractivity contribution in [3.63, 3.8) is 0 Å². The van der Waals surface area contributed by atoms with Gasteiger partial charge in [0.25, 0.3) is 0 Å². The Balaban J connectivity index is 2.99. The highest BCUT2D eigenvalue weighted by atomic mass is 35.5. The number of allylic oxidation sites excluding steroid dienone is 2. The van der Waals surface area contributed by atoms with Crippen molar-refractivity contribution in [3.05, 3.63) is 23.3 Å². The zero-order chi connectivity index (χ0) is 9.19. The predicted molar refractivity (Wildman–Crippen MR) is 44.8 cm³/mol. The standard InChI is InChI=1S/C8H9ClO3/c1-11-8(12-2)4-3-6(10)5-7(8)9/h3-5H,1-2H3. The predicted octanol–water partition coefficient (Wildman–Crippen LogP) is 1.24. The van der Waals surface area contributed by atoms with Crippen LogP contribution in [-0.2, 0) is 14.3 Å². The van der Waals surface area contributed by atoms with Crippen molar-refractivity contribution < 1.29 is 14.3 Å². The van der Waals surface area contributed by atoms with Crippen LogP contribution in [-0.4, -0.2) is 25.8 Å². The zero-order valence-electron chi connectivity index (χ0n) is 6.83. The summed E-state index contributed by atoms with van der Waals surface area (Å²) in [6, 6.07) is 0. The van der Waals surface area contributed by atoms with Gasteiger partial charge in [-0.3, -0.25) is 4.79 Å². The van der Waals surface area contributed by atoms with Crippen LogP contribution in [0.25, 0.3) is 0 Å². The molecule has 3 nitrogen and oxygen atoms in total. The Hall–Kier alpha value is -0.640. The highest BCUT2D eigenvalue weighted by molar-refractivity contribution is 6.33. The largest absolute Gasteiger partial charge is 0.345 e. The molecule has 0 saturated carbocycles. The monoisotopic (exact) mass is 188 g/mol. The van der Waals surface area contributed by atoms with Gasteiger partial charge in [-0.1, -0.05) is 11.6 Å². The van der Waals surface area contributed by atoms with Gasteiger partial charge >= 0.3 is 0 Å². The van der Waals surface area contributed by atoms with Gasteiger partial charge in [-0.05, 0) is 12.2 Å². The van der Waals surface area contributed by atoms with Crippen molar-refractivity contribution in [2.75, 3.05) is 14.2 Å². The number of halogens is 1. The van der Waals surface area contributed by atoms with Crippen LogP contribution in [0.3, 0.4) is 0 Å². The third-order valence-corrected chi connectivity index (χ3v) is 2.05. The lowest BCUT2D eigenvalue weighted by Gasteiger charge is -2.28. The van der Waals surface area contributed by atoms with E-state index in [1.165, 1.54) is 32.4 Å². The molecule has 0 radical (unpaired) electrons. The van der Waals surface area contributed by atoms with Gasteiger partial charge in [-0.15, -0.1) is 0 Å². The molecular weight excluding hydrogens is 180 g/mol. The molecule has 1 aliphatic carbocycles. The number of rotatable bonds is 2.